The second kappa shape index (κ2) is 7.55. The average molecular weight is 290 g/mol. The van der Waals surface area contributed by atoms with E-state index >= 15 is 0 Å². The highest BCUT2D eigenvalue weighted by atomic mass is 16.6. The fraction of sp³-hybridized carbons (Fsp3) is 0.647. The number of nitrogens with one attached hydrogen (secondary N) is 1. The van der Waals surface area contributed by atoms with Gasteiger partial charge in [-0.15, -0.1) is 0 Å². The molecule has 0 radical (unpaired) electrons. The van der Waals surface area contributed by atoms with Crippen LogP contribution in [0.5, 0.6) is 0 Å². The molecular formula is C17H26N2O2. The Kier molecular flexibility index (Phi) is 5.74. The van der Waals surface area contributed by atoms with Crippen molar-refractivity contribution in [3.8, 4) is 0 Å². The van der Waals surface area contributed by atoms with Gasteiger partial charge in [0.05, 0.1) is 4.92 Å². The zero-order chi connectivity index (χ0) is 15.2. The van der Waals surface area contributed by atoms with Crippen molar-refractivity contribution in [2.75, 3.05) is 6.54 Å². The van der Waals surface area contributed by atoms with Gasteiger partial charge in [0.15, 0.2) is 0 Å². The summed E-state index contributed by atoms with van der Waals surface area (Å²) in [5, 5.41) is 14.6. The van der Waals surface area contributed by atoms with E-state index in [2.05, 4.69) is 19.2 Å². The van der Waals surface area contributed by atoms with Gasteiger partial charge in [-0.05, 0) is 56.0 Å². The van der Waals surface area contributed by atoms with E-state index in [1.807, 2.05) is 6.07 Å². The van der Waals surface area contributed by atoms with Crippen LogP contribution in [-0.2, 0) is 6.42 Å². The summed E-state index contributed by atoms with van der Waals surface area (Å²) in [5.41, 5.74) is 1.29. The van der Waals surface area contributed by atoms with Gasteiger partial charge in [0.25, 0.3) is 5.69 Å². The molecule has 0 bridgehead atoms. The predicted molar refractivity (Wildman–Crippen MR) is 85.4 cm³/mol. The summed E-state index contributed by atoms with van der Waals surface area (Å²) < 4.78 is 0. The van der Waals surface area contributed by atoms with Crippen LogP contribution < -0.4 is 5.32 Å². The Morgan fingerprint density at radius 1 is 1.38 bits per heavy atom. The Labute approximate surface area is 127 Å². The van der Waals surface area contributed by atoms with Crippen LogP contribution >= 0.6 is 0 Å². The molecule has 1 fully saturated rings. The smallest absolute Gasteiger partial charge is 0.269 e. The fourth-order valence-corrected chi connectivity index (χ4v) is 3.42. The van der Waals surface area contributed by atoms with E-state index in [0.29, 0.717) is 12.0 Å². The highest BCUT2D eigenvalue weighted by molar-refractivity contribution is 5.34. The third-order valence-electron chi connectivity index (χ3n) is 4.52. The number of nitro groups is 1. The molecule has 0 amide bonds. The van der Waals surface area contributed by atoms with Crippen molar-refractivity contribution >= 4 is 5.69 Å². The lowest BCUT2D eigenvalue weighted by atomic mass is 9.76. The van der Waals surface area contributed by atoms with Gasteiger partial charge in [-0.1, -0.05) is 26.0 Å². The van der Waals surface area contributed by atoms with Gasteiger partial charge in [-0.25, -0.2) is 0 Å². The molecule has 1 aromatic rings. The van der Waals surface area contributed by atoms with Gasteiger partial charge in [-0.3, -0.25) is 10.1 Å². The van der Waals surface area contributed by atoms with Crippen LogP contribution in [0.15, 0.2) is 24.3 Å². The minimum atomic E-state index is -0.306. The summed E-state index contributed by atoms with van der Waals surface area (Å²) in [4.78, 5) is 10.6. The first kappa shape index (κ1) is 16.0. The highest BCUT2D eigenvalue weighted by Crippen LogP contribution is 2.32. The zero-order valence-corrected chi connectivity index (χ0v) is 13.0. The van der Waals surface area contributed by atoms with Gasteiger partial charge < -0.3 is 5.32 Å². The second-order valence-corrected chi connectivity index (χ2v) is 6.37. The number of rotatable bonds is 6. The summed E-state index contributed by atoms with van der Waals surface area (Å²) in [5.74, 6) is 1.34. The van der Waals surface area contributed by atoms with Crippen LogP contribution in [-0.4, -0.2) is 17.5 Å². The lowest BCUT2D eigenvalue weighted by Crippen LogP contribution is -2.41. The van der Waals surface area contributed by atoms with Crippen molar-refractivity contribution < 1.29 is 4.92 Å². The van der Waals surface area contributed by atoms with Crippen molar-refractivity contribution in [2.45, 2.75) is 52.0 Å². The van der Waals surface area contributed by atoms with Crippen LogP contribution in [0, 0.1) is 22.0 Å². The summed E-state index contributed by atoms with van der Waals surface area (Å²) in [6.07, 6.45) is 5.81. The number of hydrogen-bond acceptors (Lipinski definition) is 3. The molecule has 2 rings (SSSR count). The maximum absolute atomic E-state index is 10.9. The Bertz CT molecular complexity index is 474. The second-order valence-electron chi connectivity index (χ2n) is 6.37. The van der Waals surface area contributed by atoms with Crippen LogP contribution in [0.4, 0.5) is 5.69 Å². The predicted octanol–water partition coefficient (Wildman–Crippen LogP) is 3.94. The molecule has 1 N–H and O–H groups in total. The van der Waals surface area contributed by atoms with Crippen molar-refractivity contribution in [1.82, 2.24) is 5.32 Å². The Morgan fingerprint density at radius 2 is 2.19 bits per heavy atom. The summed E-state index contributed by atoms with van der Waals surface area (Å²) in [7, 11) is 0. The minimum absolute atomic E-state index is 0.203. The van der Waals surface area contributed by atoms with Gasteiger partial charge >= 0.3 is 0 Å². The number of nitrogens with zero attached hydrogens (tertiary/aromatic N) is 1. The monoisotopic (exact) mass is 290 g/mol. The molecular weight excluding hydrogens is 264 g/mol. The minimum Gasteiger partial charge on any atom is -0.314 e. The number of nitro benzene ring substituents is 1. The molecule has 0 aliphatic heterocycles. The molecule has 0 spiro atoms. The largest absolute Gasteiger partial charge is 0.314 e. The fourth-order valence-electron chi connectivity index (χ4n) is 3.42. The zero-order valence-electron chi connectivity index (χ0n) is 13.0. The molecule has 1 aliphatic rings. The molecule has 0 aromatic heterocycles. The van der Waals surface area contributed by atoms with E-state index in [1.165, 1.54) is 19.3 Å². The van der Waals surface area contributed by atoms with E-state index < -0.39 is 0 Å². The van der Waals surface area contributed by atoms with Crippen LogP contribution in [0.3, 0.4) is 0 Å². The highest BCUT2D eigenvalue weighted by Gasteiger charge is 2.28. The molecule has 1 saturated carbocycles. The average Bonchev–Trinajstić information content (AvgIpc) is 2.47. The maximum atomic E-state index is 10.9. The Balaban J connectivity index is 2.06. The molecule has 4 heteroatoms. The lowest BCUT2D eigenvalue weighted by molar-refractivity contribution is -0.384. The third-order valence-corrected chi connectivity index (χ3v) is 4.52. The topological polar surface area (TPSA) is 55.2 Å². The molecule has 21 heavy (non-hydrogen) atoms. The maximum Gasteiger partial charge on any atom is 0.269 e. The molecule has 4 nitrogen and oxygen atoms in total. The first-order chi connectivity index (χ1) is 10.1. The van der Waals surface area contributed by atoms with Gasteiger partial charge in [0, 0.05) is 18.2 Å². The van der Waals surface area contributed by atoms with Crippen molar-refractivity contribution in [3.63, 3.8) is 0 Å². The van der Waals surface area contributed by atoms with Crippen molar-refractivity contribution in [2.24, 2.45) is 11.8 Å². The van der Waals surface area contributed by atoms with Crippen LogP contribution in [0.1, 0.15) is 45.1 Å². The third kappa shape index (κ3) is 4.53. The number of benzene rings is 1. The lowest BCUT2D eigenvalue weighted by Gasteiger charge is -2.35. The van der Waals surface area contributed by atoms with Gasteiger partial charge in [-0.2, -0.15) is 0 Å². The normalized spacial score (nSPS) is 25.7. The number of hydrogen-bond donors (Lipinski definition) is 1. The number of non-ortho nitro benzene ring substituents is 1. The standard InChI is InChI=1S/C17H26N2O2/c1-3-9-18-17-8-7-13(2)10-15(17)11-14-5-4-6-16(12-14)19(20)21/h4-6,12-13,15,17-18H,3,7-11H2,1-2H3. The molecule has 1 aliphatic carbocycles. The van der Waals surface area contributed by atoms with Crippen molar-refractivity contribution in [3.05, 3.63) is 39.9 Å². The quantitative estimate of drug-likeness (QED) is 0.637. The van der Waals surface area contributed by atoms with Crippen LogP contribution in [0.25, 0.3) is 0 Å². The van der Waals surface area contributed by atoms with E-state index in [1.54, 1.807) is 18.2 Å². The van der Waals surface area contributed by atoms with Gasteiger partial charge in [0.1, 0.15) is 0 Å². The van der Waals surface area contributed by atoms with E-state index in [-0.39, 0.29) is 10.6 Å². The summed E-state index contributed by atoms with van der Waals surface area (Å²) in [6, 6.07) is 7.67. The molecule has 116 valence electrons. The van der Waals surface area contributed by atoms with Gasteiger partial charge in [0.2, 0.25) is 0 Å². The molecule has 3 atom stereocenters. The first-order valence-electron chi connectivity index (χ1n) is 8.06. The Hall–Kier alpha value is -1.42. The SMILES string of the molecule is CCCNC1CCC(C)CC1Cc1cccc([N+](=O)[O-])c1. The molecule has 3 unspecified atom stereocenters. The van der Waals surface area contributed by atoms with E-state index in [9.17, 15) is 10.1 Å². The first-order valence-corrected chi connectivity index (χ1v) is 8.06. The molecule has 1 aromatic carbocycles. The summed E-state index contributed by atoms with van der Waals surface area (Å²) in [6.45, 7) is 5.56. The van der Waals surface area contributed by atoms with Crippen molar-refractivity contribution in [1.29, 1.82) is 0 Å². The molecule has 0 saturated heterocycles. The summed E-state index contributed by atoms with van der Waals surface area (Å²) >= 11 is 0. The van der Waals surface area contributed by atoms with E-state index in [4.69, 9.17) is 0 Å². The van der Waals surface area contributed by atoms with E-state index in [0.717, 1.165) is 30.9 Å². The molecule has 0 heterocycles. The van der Waals surface area contributed by atoms with Crippen LogP contribution in [0.2, 0.25) is 0 Å². The Morgan fingerprint density at radius 3 is 2.90 bits per heavy atom.